The van der Waals surface area contributed by atoms with Gasteiger partial charge in [-0.2, -0.15) is 18.2 Å². The molecule has 2 N–H and O–H groups in total. The lowest BCUT2D eigenvalue weighted by molar-refractivity contribution is -0.137. The summed E-state index contributed by atoms with van der Waals surface area (Å²) in [7, 11) is 0. The molecule has 8 heteroatoms. The predicted octanol–water partition coefficient (Wildman–Crippen LogP) is 8.14. The molecule has 0 atom stereocenters. The lowest BCUT2D eigenvalue weighted by Gasteiger charge is -2.17. The number of nitrogens with one attached hydrogen (secondary N) is 2. The first-order valence-corrected chi connectivity index (χ1v) is 12.0. The Hall–Kier alpha value is -3.29. The lowest BCUT2D eigenvalue weighted by Crippen LogP contribution is -2.13. The van der Waals surface area contributed by atoms with E-state index in [-0.39, 0.29) is 11.8 Å². The van der Waals surface area contributed by atoms with E-state index in [1.165, 1.54) is 0 Å². The molecule has 1 aromatic heterocycles. The van der Waals surface area contributed by atoms with Crippen LogP contribution >= 0.6 is 0 Å². The molecule has 0 spiro atoms. The van der Waals surface area contributed by atoms with Crippen LogP contribution in [-0.4, -0.2) is 16.6 Å². The maximum atomic E-state index is 13.7. The average molecular weight is 487 g/mol. The number of anilines is 4. The topological polar surface area (TPSA) is 59.1 Å². The molecule has 188 valence electrons. The van der Waals surface area contributed by atoms with Gasteiger partial charge in [-0.15, -0.1) is 0 Å². The van der Waals surface area contributed by atoms with Gasteiger partial charge in [0.05, 0.1) is 6.61 Å². The number of rotatable bonds is 12. The maximum absolute atomic E-state index is 13.7. The second-order valence-electron chi connectivity index (χ2n) is 8.90. The molecule has 0 saturated carbocycles. The number of unbranched alkanes of at least 4 members (excludes halogenated alkanes) is 3. The number of para-hydroxylation sites is 1. The monoisotopic (exact) mass is 486 g/mol. The maximum Gasteiger partial charge on any atom is 0.421 e. The van der Waals surface area contributed by atoms with Gasteiger partial charge in [0.25, 0.3) is 0 Å². The Kier molecular flexibility index (Phi) is 9.34. The largest absolute Gasteiger partial charge is 0.493 e. The molecular formula is C27H33F3N4O. The Balaban J connectivity index is 1.80. The fraction of sp³-hybridized carbons (Fsp3) is 0.407. The summed E-state index contributed by atoms with van der Waals surface area (Å²) in [6.45, 7) is 6.87. The first-order chi connectivity index (χ1) is 16.8. The molecule has 0 aliphatic rings. The second-order valence-corrected chi connectivity index (χ2v) is 8.90. The highest BCUT2D eigenvalue weighted by atomic mass is 19.4. The summed E-state index contributed by atoms with van der Waals surface area (Å²) in [6.07, 6.45) is 1.33. The first-order valence-electron chi connectivity index (χ1n) is 12.0. The molecule has 5 nitrogen and oxygen atoms in total. The zero-order valence-corrected chi connectivity index (χ0v) is 20.5. The van der Waals surface area contributed by atoms with Gasteiger partial charge >= 0.3 is 6.18 Å². The van der Waals surface area contributed by atoms with Crippen molar-refractivity contribution >= 4 is 23.1 Å². The van der Waals surface area contributed by atoms with Gasteiger partial charge in [0, 0.05) is 17.6 Å². The Morgan fingerprint density at radius 2 is 1.69 bits per heavy atom. The molecule has 3 aromatic rings. The Morgan fingerprint density at radius 3 is 2.37 bits per heavy atom. The first kappa shape index (κ1) is 26.3. The Labute approximate surface area is 205 Å². The summed E-state index contributed by atoms with van der Waals surface area (Å²) < 4.78 is 46.8. The Bertz CT molecular complexity index is 1070. The van der Waals surface area contributed by atoms with Gasteiger partial charge in [0.1, 0.15) is 17.1 Å². The fourth-order valence-corrected chi connectivity index (χ4v) is 3.50. The van der Waals surface area contributed by atoms with Gasteiger partial charge in [-0.25, -0.2) is 4.98 Å². The molecule has 35 heavy (non-hydrogen) atoms. The van der Waals surface area contributed by atoms with Gasteiger partial charge in [-0.05, 0) is 54.7 Å². The van der Waals surface area contributed by atoms with Gasteiger partial charge in [-0.3, -0.25) is 0 Å². The van der Waals surface area contributed by atoms with Gasteiger partial charge in [-0.1, -0.05) is 58.2 Å². The van der Waals surface area contributed by atoms with Crippen LogP contribution in [0.1, 0.15) is 57.6 Å². The van der Waals surface area contributed by atoms with E-state index in [2.05, 4.69) is 41.4 Å². The van der Waals surface area contributed by atoms with Gasteiger partial charge in [0.15, 0.2) is 0 Å². The van der Waals surface area contributed by atoms with Crippen molar-refractivity contribution in [3.8, 4) is 5.75 Å². The van der Waals surface area contributed by atoms with E-state index in [0.717, 1.165) is 49.6 Å². The minimum atomic E-state index is -4.59. The quantitative estimate of drug-likeness (QED) is 0.253. The van der Waals surface area contributed by atoms with E-state index < -0.39 is 11.7 Å². The van der Waals surface area contributed by atoms with Crippen LogP contribution in [0.3, 0.4) is 0 Å². The standard InChI is InChI=1S/C27H33F3N4O/c1-4-5-6-7-10-20-11-8-9-12-24(20)33-25-23(27(28,29)30)17-31-26(34-25)32-21-13-15-22(16-14-21)35-18-19(2)3/h8-9,11-17,19H,4-7,10,18H2,1-3H3,(H2,31,32,33,34). The number of halogens is 3. The summed E-state index contributed by atoms with van der Waals surface area (Å²) in [6, 6.07) is 14.5. The van der Waals surface area contributed by atoms with Crippen molar-refractivity contribution in [3.63, 3.8) is 0 Å². The van der Waals surface area contributed by atoms with E-state index in [4.69, 9.17) is 4.74 Å². The molecule has 0 fully saturated rings. The zero-order valence-electron chi connectivity index (χ0n) is 20.5. The number of benzene rings is 2. The molecule has 0 saturated heterocycles. The van der Waals surface area contributed by atoms with E-state index in [1.807, 2.05) is 12.1 Å². The normalized spacial score (nSPS) is 11.5. The minimum absolute atomic E-state index is 0.0665. The molecule has 2 aromatic carbocycles. The summed E-state index contributed by atoms with van der Waals surface area (Å²) in [4.78, 5) is 8.08. The average Bonchev–Trinajstić information content (AvgIpc) is 2.82. The summed E-state index contributed by atoms with van der Waals surface area (Å²) in [5, 5.41) is 5.90. The van der Waals surface area contributed by atoms with Crippen LogP contribution in [0, 0.1) is 5.92 Å². The third-order valence-electron chi connectivity index (χ3n) is 5.36. The summed E-state index contributed by atoms with van der Waals surface area (Å²) in [5.74, 6) is 0.904. The highest BCUT2D eigenvalue weighted by Crippen LogP contribution is 2.36. The Morgan fingerprint density at radius 1 is 0.943 bits per heavy atom. The molecule has 0 radical (unpaired) electrons. The second kappa shape index (κ2) is 12.4. The van der Waals surface area contributed by atoms with Crippen molar-refractivity contribution in [2.45, 2.75) is 59.1 Å². The fourth-order valence-electron chi connectivity index (χ4n) is 3.50. The molecule has 0 amide bonds. The lowest BCUT2D eigenvalue weighted by atomic mass is 10.0. The smallest absolute Gasteiger partial charge is 0.421 e. The van der Waals surface area contributed by atoms with Crippen LogP contribution in [0.4, 0.5) is 36.3 Å². The highest BCUT2D eigenvalue weighted by molar-refractivity contribution is 5.65. The number of nitrogens with zero attached hydrogens (tertiary/aromatic N) is 2. The number of aryl methyl sites for hydroxylation is 1. The van der Waals surface area contributed by atoms with E-state index in [9.17, 15) is 13.2 Å². The zero-order chi connectivity index (χ0) is 25.3. The number of aromatic nitrogens is 2. The van der Waals surface area contributed by atoms with Crippen LogP contribution in [0.25, 0.3) is 0 Å². The van der Waals surface area contributed by atoms with Gasteiger partial charge in [0.2, 0.25) is 5.95 Å². The van der Waals surface area contributed by atoms with Crippen LogP contribution in [0.5, 0.6) is 5.75 Å². The highest BCUT2D eigenvalue weighted by Gasteiger charge is 2.35. The summed E-state index contributed by atoms with van der Waals surface area (Å²) in [5.41, 5.74) is 1.30. The minimum Gasteiger partial charge on any atom is -0.493 e. The molecule has 0 bridgehead atoms. The third kappa shape index (κ3) is 8.16. The van der Waals surface area contributed by atoms with Crippen molar-refractivity contribution in [2.75, 3.05) is 17.2 Å². The number of hydrogen-bond donors (Lipinski definition) is 2. The van der Waals surface area contributed by atoms with Crippen molar-refractivity contribution < 1.29 is 17.9 Å². The predicted molar refractivity (Wildman–Crippen MR) is 135 cm³/mol. The third-order valence-corrected chi connectivity index (χ3v) is 5.36. The van der Waals surface area contributed by atoms with Crippen molar-refractivity contribution in [2.24, 2.45) is 5.92 Å². The van der Waals surface area contributed by atoms with Crippen LogP contribution in [-0.2, 0) is 12.6 Å². The van der Waals surface area contributed by atoms with Crippen LogP contribution in [0.15, 0.2) is 54.7 Å². The van der Waals surface area contributed by atoms with Crippen molar-refractivity contribution in [1.82, 2.24) is 9.97 Å². The molecular weight excluding hydrogens is 453 g/mol. The molecule has 0 aliphatic heterocycles. The van der Waals surface area contributed by atoms with E-state index >= 15 is 0 Å². The molecule has 3 rings (SSSR count). The van der Waals surface area contributed by atoms with Crippen LogP contribution in [0.2, 0.25) is 0 Å². The van der Waals surface area contributed by atoms with E-state index in [0.29, 0.717) is 23.9 Å². The molecule has 0 aliphatic carbocycles. The van der Waals surface area contributed by atoms with Crippen LogP contribution < -0.4 is 15.4 Å². The van der Waals surface area contributed by atoms with Gasteiger partial charge < -0.3 is 15.4 Å². The number of ether oxygens (including phenoxy) is 1. The van der Waals surface area contributed by atoms with Crippen molar-refractivity contribution in [3.05, 3.63) is 65.9 Å². The van der Waals surface area contributed by atoms with E-state index in [1.54, 1.807) is 36.4 Å². The molecule has 0 unspecified atom stereocenters. The molecule has 1 heterocycles. The number of alkyl halides is 3. The summed E-state index contributed by atoms with van der Waals surface area (Å²) >= 11 is 0. The SMILES string of the molecule is CCCCCCc1ccccc1Nc1nc(Nc2ccc(OCC(C)C)cc2)ncc1C(F)(F)F. The number of hydrogen-bond acceptors (Lipinski definition) is 5. The van der Waals surface area contributed by atoms with Crippen molar-refractivity contribution in [1.29, 1.82) is 0 Å².